The number of nitriles is 1. The van der Waals surface area contributed by atoms with Crippen molar-refractivity contribution in [2.45, 2.75) is 58.4 Å². The zero-order chi connectivity index (χ0) is 13.7. The summed E-state index contributed by atoms with van der Waals surface area (Å²) in [5.41, 5.74) is 4.19. The molecule has 0 bridgehead atoms. The lowest BCUT2D eigenvalue weighted by Crippen LogP contribution is -2.26. The Morgan fingerprint density at radius 3 is 2.16 bits per heavy atom. The van der Waals surface area contributed by atoms with Crippen LogP contribution in [0.1, 0.15) is 50.7 Å². The molecule has 0 unspecified atom stereocenters. The number of nitrogens with one attached hydrogen (secondary N) is 1. The van der Waals surface area contributed by atoms with Crippen LogP contribution in [0.2, 0.25) is 0 Å². The molecule has 0 aromatic heterocycles. The molecule has 0 atom stereocenters. The molecule has 0 heterocycles. The summed E-state index contributed by atoms with van der Waals surface area (Å²) in [5, 5.41) is 12.7. The number of hydrogen-bond acceptors (Lipinski definition) is 2. The van der Waals surface area contributed by atoms with Crippen molar-refractivity contribution in [3.8, 4) is 6.07 Å². The maximum atomic E-state index is 8.96. The fourth-order valence-electron chi connectivity index (χ4n) is 3.00. The zero-order valence-electron chi connectivity index (χ0n) is 12.1. The second-order valence-corrected chi connectivity index (χ2v) is 5.48. The van der Waals surface area contributed by atoms with Crippen molar-refractivity contribution in [2.24, 2.45) is 5.92 Å². The number of hydrogen-bond donors (Lipinski definition) is 1. The van der Waals surface area contributed by atoms with Crippen molar-refractivity contribution in [2.75, 3.05) is 5.32 Å². The minimum atomic E-state index is 0.283. The van der Waals surface area contributed by atoms with Crippen LogP contribution in [0.15, 0.2) is 18.2 Å². The molecular weight excluding hydrogens is 232 g/mol. The number of anilines is 1. The van der Waals surface area contributed by atoms with E-state index in [1.165, 1.54) is 16.8 Å². The maximum Gasteiger partial charge on any atom is 0.0655 e. The van der Waals surface area contributed by atoms with Gasteiger partial charge in [0.05, 0.1) is 6.07 Å². The largest absolute Gasteiger partial charge is 0.382 e. The van der Waals surface area contributed by atoms with E-state index in [2.05, 4.69) is 43.4 Å². The van der Waals surface area contributed by atoms with E-state index in [1.807, 2.05) is 0 Å². The molecule has 0 radical (unpaired) electrons. The molecular formula is C17H24N2. The Kier molecular flexibility index (Phi) is 4.85. The summed E-state index contributed by atoms with van der Waals surface area (Å²) >= 11 is 0. The number of para-hydroxylation sites is 1. The summed E-state index contributed by atoms with van der Waals surface area (Å²) in [6, 6.07) is 9.56. The molecule has 2 rings (SSSR count). The summed E-state index contributed by atoms with van der Waals surface area (Å²) in [6.45, 7) is 4.43. The molecule has 0 spiro atoms. The van der Waals surface area contributed by atoms with Gasteiger partial charge in [0.25, 0.3) is 0 Å². The van der Waals surface area contributed by atoms with Gasteiger partial charge in [0.1, 0.15) is 0 Å². The molecule has 1 N–H and O–H groups in total. The van der Waals surface area contributed by atoms with Crippen molar-refractivity contribution in [1.82, 2.24) is 0 Å². The normalized spacial score (nSPS) is 22.8. The van der Waals surface area contributed by atoms with Crippen LogP contribution < -0.4 is 5.32 Å². The first-order valence-corrected chi connectivity index (χ1v) is 7.55. The predicted octanol–water partition coefficient (Wildman–Crippen LogP) is 4.31. The van der Waals surface area contributed by atoms with Crippen molar-refractivity contribution >= 4 is 5.69 Å². The summed E-state index contributed by atoms with van der Waals surface area (Å²) < 4.78 is 0. The highest BCUT2D eigenvalue weighted by molar-refractivity contribution is 5.58. The smallest absolute Gasteiger partial charge is 0.0655 e. The number of benzene rings is 1. The molecule has 1 fully saturated rings. The van der Waals surface area contributed by atoms with Crippen LogP contribution in [0.3, 0.4) is 0 Å². The molecule has 1 aromatic carbocycles. The van der Waals surface area contributed by atoms with Gasteiger partial charge < -0.3 is 5.32 Å². The van der Waals surface area contributed by atoms with Gasteiger partial charge in [-0.1, -0.05) is 32.0 Å². The van der Waals surface area contributed by atoms with Gasteiger partial charge in [-0.3, -0.25) is 0 Å². The Balaban J connectivity index is 2.09. The zero-order valence-corrected chi connectivity index (χ0v) is 12.1. The van der Waals surface area contributed by atoms with Crippen molar-refractivity contribution in [3.63, 3.8) is 0 Å². The van der Waals surface area contributed by atoms with Crippen LogP contribution in [-0.2, 0) is 12.8 Å². The Labute approximate surface area is 116 Å². The lowest BCUT2D eigenvalue weighted by Gasteiger charge is -2.28. The third-order valence-corrected chi connectivity index (χ3v) is 4.26. The highest BCUT2D eigenvalue weighted by Gasteiger charge is 2.21. The second kappa shape index (κ2) is 6.61. The second-order valence-electron chi connectivity index (χ2n) is 5.48. The summed E-state index contributed by atoms with van der Waals surface area (Å²) in [4.78, 5) is 0. The van der Waals surface area contributed by atoms with E-state index in [1.54, 1.807) is 0 Å². The fraction of sp³-hybridized carbons (Fsp3) is 0.588. The van der Waals surface area contributed by atoms with Crippen molar-refractivity contribution in [3.05, 3.63) is 29.3 Å². The van der Waals surface area contributed by atoms with Gasteiger partial charge in [0.15, 0.2) is 0 Å². The van der Waals surface area contributed by atoms with Gasteiger partial charge in [-0.25, -0.2) is 0 Å². The summed E-state index contributed by atoms with van der Waals surface area (Å²) in [7, 11) is 0. The van der Waals surface area contributed by atoms with E-state index < -0.39 is 0 Å². The standard InChI is InChI=1S/C17H24N2/c1-3-14-6-5-7-15(4-2)17(14)19-16-10-8-13(12-18)9-11-16/h5-7,13,16,19H,3-4,8-11H2,1-2H3. The molecule has 0 saturated heterocycles. The lowest BCUT2D eigenvalue weighted by molar-refractivity contribution is 0.397. The summed E-state index contributed by atoms with van der Waals surface area (Å²) in [5.74, 6) is 0.283. The van der Waals surface area contributed by atoms with Gasteiger partial charge in [0.2, 0.25) is 0 Å². The van der Waals surface area contributed by atoms with Crippen LogP contribution in [0.4, 0.5) is 5.69 Å². The molecule has 2 heteroatoms. The molecule has 1 aliphatic rings. The van der Waals surface area contributed by atoms with E-state index in [4.69, 9.17) is 5.26 Å². The highest BCUT2D eigenvalue weighted by Crippen LogP contribution is 2.29. The third-order valence-electron chi connectivity index (χ3n) is 4.26. The molecule has 1 saturated carbocycles. The average molecular weight is 256 g/mol. The van der Waals surface area contributed by atoms with Gasteiger partial charge in [-0.15, -0.1) is 0 Å². The molecule has 19 heavy (non-hydrogen) atoms. The Bertz CT molecular complexity index is 429. The first kappa shape index (κ1) is 13.9. The van der Waals surface area contributed by atoms with Crippen LogP contribution in [0, 0.1) is 17.2 Å². The van der Waals surface area contributed by atoms with Crippen molar-refractivity contribution < 1.29 is 0 Å². The van der Waals surface area contributed by atoms with Crippen molar-refractivity contribution in [1.29, 1.82) is 5.26 Å². The van der Waals surface area contributed by atoms with Gasteiger partial charge in [-0.05, 0) is 49.7 Å². The SMILES string of the molecule is CCc1cccc(CC)c1NC1CCC(C#N)CC1. The topological polar surface area (TPSA) is 35.8 Å². The Morgan fingerprint density at radius 2 is 1.68 bits per heavy atom. The van der Waals surface area contributed by atoms with Gasteiger partial charge >= 0.3 is 0 Å². The number of aryl methyl sites for hydroxylation is 2. The quantitative estimate of drug-likeness (QED) is 0.871. The Hall–Kier alpha value is -1.49. The van der Waals surface area contributed by atoms with E-state index in [-0.39, 0.29) is 5.92 Å². The molecule has 0 aliphatic heterocycles. The van der Waals surface area contributed by atoms with E-state index >= 15 is 0 Å². The minimum absolute atomic E-state index is 0.283. The maximum absolute atomic E-state index is 8.96. The van der Waals surface area contributed by atoms with Crippen LogP contribution in [0.5, 0.6) is 0 Å². The first-order chi connectivity index (χ1) is 9.28. The molecule has 0 amide bonds. The van der Waals surface area contributed by atoms with E-state index in [9.17, 15) is 0 Å². The molecule has 1 aliphatic carbocycles. The highest BCUT2D eigenvalue weighted by atomic mass is 14.9. The monoisotopic (exact) mass is 256 g/mol. The molecule has 2 nitrogen and oxygen atoms in total. The van der Waals surface area contributed by atoms with Crippen LogP contribution in [-0.4, -0.2) is 6.04 Å². The first-order valence-electron chi connectivity index (χ1n) is 7.55. The minimum Gasteiger partial charge on any atom is -0.382 e. The van der Waals surface area contributed by atoms with Gasteiger partial charge in [0, 0.05) is 17.6 Å². The lowest BCUT2D eigenvalue weighted by atomic mass is 9.86. The predicted molar refractivity (Wildman–Crippen MR) is 80.2 cm³/mol. The van der Waals surface area contributed by atoms with E-state index in [0.717, 1.165) is 38.5 Å². The van der Waals surface area contributed by atoms with Crippen LogP contribution >= 0.6 is 0 Å². The van der Waals surface area contributed by atoms with Gasteiger partial charge in [-0.2, -0.15) is 5.26 Å². The molecule has 102 valence electrons. The third kappa shape index (κ3) is 3.29. The average Bonchev–Trinajstić information content (AvgIpc) is 2.48. The number of rotatable bonds is 4. The number of nitrogens with zero attached hydrogens (tertiary/aromatic N) is 1. The summed E-state index contributed by atoms with van der Waals surface area (Å²) in [6.07, 6.45) is 6.49. The van der Waals surface area contributed by atoms with E-state index in [0.29, 0.717) is 6.04 Å². The van der Waals surface area contributed by atoms with Crippen LogP contribution in [0.25, 0.3) is 0 Å². The molecule has 1 aromatic rings. The Morgan fingerprint density at radius 1 is 1.11 bits per heavy atom. The fourth-order valence-corrected chi connectivity index (χ4v) is 3.00.